The summed E-state index contributed by atoms with van der Waals surface area (Å²) in [6, 6.07) is 0. The number of nitrogens with two attached hydrogens (primary N) is 1. The molecule has 0 radical (unpaired) electrons. The molecule has 0 aliphatic heterocycles. The highest BCUT2D eigenvalue weighted by molar-refractivity contribution is 9.10. The lowest BCUT2D eigenvalue weighted by molar-refractivity contribution is 0.407. The fourth-order valence-electron chi connectivity index (χ4n) is 1.01. The normalized spacial score (nSPS) is 9.92. The highest BCUT2D eigenvalue weighted by atomic mass is 79.9. The van der Waals surface area contributed by atoms with Gasteiger partial charge in [0.25, 0.3) is 0 Å². The molecule has 3 nitrogen and oxygen atoms in total. The first-order chi connectivity index (χ1) is 5.79. The lowest BCUT2D eigenvalue weighted by Crippen LogP contribution is -2.05. The summed E-state index contributed by atoms with van der Waals surface area (Å²) in [4.78, 5) is 3.99. The van der Waals surface area contributed by atoms with Gasteiger partial charge in [-0.25, -0.2) is 0 Å². The molecule has 1 heterocycles. The molecule has 0 saturated heterocycles. The molecule has 1 aromatic heterocycles. The number of aromatic nitrogens is 1. The number of methoxy groups -OCH3 is 1. The molecule has 0 aromatic carbocycles. The van der Waals surface area contributed by atoms with Gasteiger partial charge in [0.2, 0.25) is 0 Å². The molecule has 0 saturated carbocycles. The largest absolute Gasteiger partial charge is 0.495 e. The van der Waals surface area contributed by atoms with E-state index < -0.39 is 0 Å². The van der Waals surface area contributed by atoms with Crippen LogP contribution in [-0.2, 0) is 6.42 Å². The van der Waals surface area contributed by atoms with Crippen molar-refractivity contribution in [3.8, 4) is 5.75 Å². The molecule has 2 N–H and O–H groups in total. The lowest BCUT2D eigenvalue weighted by Gasteiger charge is -2.07. The van der Waals surface area contributed by atoms with Crippen LogP contribution in [0.1, 0.15) is 5.56 Å². The summed E-state index contributed by atoms with van der Waals surface area (Å²) < 4.78 is 6.08. The summed E-state index contributed by atoms with van der Waals surface area (Å²) in [7, 11) is 1.63. The molecule has 0 atom stereocenters. The second-order valence-corrected chi connectivity index (χ2v) is 3.20. The molecule has 1 aromatic rings. The Morgan fingerprint density at radius 1 is 1.58 bits per heavy atom. The highest BCUT2D eigenvalue weighted by Gasteiger charge is 2.05. The van der Waals surface area contributed by atoms with Crippen LogP contribution >= 0.6 is 15.9 Å². The Labute approximate surface area is 80.1 Å². The maximum Gasteiger partial charge on any atom is 0.141 e. The molecule has 66 valence electrons. The number of nitrogens with zero attached hydrogens (tertiary/aromatic N) is 1. The first-order valence-electron chi connectivity index (χ1n) is 3.66. The van der Waals surface area contributed by atoms with Gasteiger partial charge in [-0.15, -0.1) is 0 Å². The van der Waals surface area contributed by atoms with Gasteiger partial charge in [-0.3, -0.25) is 4.98 Å². The summed E-state index contributed by atoms with van der Waals surface area (Å²) in [5.41, 5.74) is 6.53. The van der Waals surface area contributed by atoms with Gasteiger partial charge in [-0.1, -0.05) is 0 Å². The SMILES string of the molecule is COc1cncc(Br)c1CCN. The van der Waals surface area contributed by atoms with Crippen molar-refractivity contribution < 1.29 is 4.74 Å². The van der Waals surface area contributed by atoms with E-state index in [0.29, 0.717) is 6.54 Å². The van der Waals surface area contributed by atoms with Crippen LogP contribution in [0.5, 0.6) is 5.75 Å². The van der Waals surface area contributed by atoms with Crippen LogP contribution in [0, 0.1) is 0 Å². The van der Waals surface area contributed by atoms with E-state index in [-0.39, 0.29) is 0 Å². The van der Waals surface area contributed by atoms with E-state index in [2.05, 4.69) is 20.9 Å². The van der Waals surface area contributed by atoms with Gasteiger partial charge in [0.05, 0.1) is 13.3 Å². The van der Waals surface area contributed by atoms with Crippen molar-refractivity contribution in [1.29, 1.82) is 0 Å². The zero-order valence-electron chi connectivity index (χ0n) is 6.88. The van der Waals surface area contributed by atoms with Crippen LogP contribution < -0.4 is 10.5 Å². The van der Waals surface area contributed by atoms with Gasteiger partial charge in [-0.05, 0) is 28.9 Å². The first kappa shape index (κ1) is 9.48. The standard InChI is InChI=1S/C8H11BrN2O/c1-12-8-5-11-4-7(9)6(8)2-3-10/h4-5H,2-3,10H2,1H3. The van der Waals surface area contributed by atoms with Crippen LogP contribution in [0.2, 0.25) is 0 Å². The van der Waals surface area contributed by atoms with Crippen LogP contribution in [0.25, 0.3) is 0 Å². The van der Waals surface area contributed by atoms with E-state index in [0.717, 1.165) is 22.2 Å². The minimum Gasteiger partial charge on any atom is -0.495 e. The second kappa shape index (κ2) is 4.42. The molecule has 4 heteroatoms. The number of ether oxygens (including phenoxy) is 1. The van der Waals surface area contributed by atoms with Crippen LogP contribution in [-0.4, -0.2) is 18.6 Å². The summed E-state index contributed by atoms with van der Waals surface area (Å²) in [5.74, 6) is 0.787. The topological polar surface area (TPSA) is 48.1 Å². The van der Waals surface area contributed by atoms with Gasteiger partial charge in [0, 0.05) is 16.2 Å². The average Bonchev–Trinajstić information content (AvgIpc) is 2.09. The third-order valence-corrected chi connectivity index (χ3v) is 2.26. The highest BCUT2D eigenvalue weighted by Crippen LogP contribution is 2.24. The third-order valence-electron chi connectivity index (χ3n) is 1.58. The van der Waals surface area contributed by atoms with Crippen molar-refractivity contribution in [2.75, 3.05) is 13.7 Å². The van der Waals surface area contributed by atoms with E-state index in [9.17, 15) is 0 Å². The lowest BCUT2D eigenvalue weighted by atomic mass is 10.2. The molecule has 0 amide bonds. The molecule has 1 rings (SSSR count). The Morgan fingerprint density at radius 2 is 2.33 bits per heavy atom. The van der Waals surface area contributed by atoms with Crippen LogP contribution in [0.4, 0.5) is 0 Å². The third kappa shape index (κ3) is 1.95. The van der Waals surface area contributed by atoms with Crippen molar-refractivity contribution in [3.63, 3.8) is 0 Å². The maximum absolute atomic E-state index is 5.46. The summed E-state index contributed by atoms with van der Waals surface area (Å²) in [6.45, 7) is 0.610. The Morgan fingerprint density at radius 3 is 2.92 bits per heavy atom. The number of halogens is 1. The maximum atomic E-state index is 5.46. The average molecular weight is 231 g/mol. The van der Waals surface area contributed by atoms with Crippen LogP contribution in [0.15, 0.2) is 16.9 Å². The molecule has 0 fully saturated rings. The Hall–Kier alpha value is -0.610. The van der Waals surface area contributed by atoms with Gasteiger partial charge in [0.15, 0.2) is 0 Å². The molecule has 12 heavy (non-hydrogen) atoms. The van der Waals surface area contributed by atoms with Gasteiger partial charge in [-0.2, -0.15) is 0 Å². The zero-order chi connectivity index (χ0) is 8.97. The van der Waals surface area contributed by atoms with Crippen LogP contribution in [0.3, 0.4) is 0 Å². The minimum atomic E-state index is 0.610. The molecule has 0 aliphatic rings. The summed E-state index contributed by atoms with van der Waals surface area (Å²) >= 11 is 3.39. The predicted molar refractivity (Wildman–Crippen MR) is 51.2 cm³/mol. The number of hydrogen-bond donors (Lipinski definition) is 1. The zero-order valence-corrected chi connectivity index (χ0v) is 8.47. The quantitative estimate of drug-likeness (QED) is 0.854. The van der Waals surface area contributed by atoms with Gasteiger partial charge in [0.1, 0.15) is 5.75 Å². The van der Waals surface area contributed by atoms with Crippen molar-refractivity contribution in [2.45, 2.75) is 6.42 Å². The minimum absolute atomic E-state index is 0.610. The van der Waals surface area contributed by atoms with E-state index in [1.807, 2.05) is 0 Å². The molecule has 0 spiro atoms. The Balaban J connectivity index is 3.02. The fraction of sp³-hybridized carbons (Fsp3) is 0.375. The second-order valence-electron chi connectivity index (χ2n) is 2.34. The molecule has 0 unspecified atom stereocenters. The van der Waals surface area contributed by atoms with Crippen molar-refractivity contribution in [3.05, 3.63) is 22.4 Å². The van der Waals surface area contributed by atoms with Crippen molar-refractivity contribution >= 4 is 15.9 Å². The van der Waals surface area contributed by atoms with Gasteiger partial charge >= 0.3 is 0 Å². The Bertz CT molecular complexity index is 265. The molecular weight excluding hydrogens is 220 g/mol. The molecule has 0 bridgehead atoms. The van der Waals surface area contributed by atoms with Crippen molar-refractivity contribution in [2.24, 2.45) is 5.73 Å². The molecule has 0 aliphatic carbocycles. The van der Waals surface area contributed by atoms with E-state index in [1.165, 1.54) is 0 Å². The van der Waals surface area contributed by atoms with E-state index in [4.69, 9.17) is 10.5 Å². The predicted octanol–water partition coefficient (Wildman–Crippen LogP) is 1.35. The fourth-order valence-corrected chi connectivity index (χ4v) is 1.52. The Kier molecular flexibility index (Phi) is 3.49. The number of pyridine rings is 1. The van der Waals surface area contributed by atoms with Gasteiger partial charge < -0.3 is 10.5 Å². The van der Waals surface area contributed by atoms with E-state index in [1.54, 1.807) is 19.5 Å². The van der Waals surface area contributed by atoms with E-state index >= 15 is 0 Å². The first-order valence-corrected chi connectivity index (χ1v) is 4.45. The summed E-state index contributed by atoms with van der Waals surface area (Å²) in [6.07, 6.45) is 4.23. The number of rotatable bonds is 3. The smallest absolute Gasteiger partial charge is 0.141 e. The monoisotopic (exact) mass is 230 g/mol. The summed E-state index contributed by atoms with van der Waals surface area (Å²) in [5, 5.41) is 0. The van der Waals surface area contributed by atoms with Crippen molar-refractivity contribution in [1.82, 2.24) is 4.98 Å². The molecular formula is C8H11BrN2O. The number of hydrogen-bond acceptors (Lipinski definition) is 3.